The average molecular weight is 394 g/mol. The van der Waals surface area contributed by atoms with E-state index in [1.54, 1.807) is 17.0 Å². The van der Waals surface area contributed by atoms with Gasteiger partial charge in [-0.15, -0.1) is 11.3 Å². The topological polar surface area (TPSA) is 59.5 Å². The van der Waals surface area contributed by atoms with Gasteiger partial charge in [-0.1, -0.05) is 42.8 Å². The van der Waals surface area contributed by atoms with Crippen LogP contribution >= 0.6 is 11.3 Å². The van der Waals surface area contributed by atoms with Crippen LogP contribution in [0, 0.1) is 6.92 Å². The SMILES string of the molecule is CCc1ccccc1N(C(C)=O)c1nc(COC(=O)c2cccc(C)c2)cs1. The van der Waals surface area contributed by atoms with Crippen molar-refractivity contribution in [3.05, 3.63) is 76.3 Å². The Balaban J connectivity index is 1.76. The van der Waals surface area contributed by atoms with Crippen molar-refractivity contribution in [1.29, 1.82) is 0 Å². The van der Waals surface area contributed by atoms with Crippen molar-refractivity contribution >= 4 is 34.0 Å². The molecular formula is C22H22N2O3S. The maximum atomic E-state index is 12.3. The number of aromatic nitrogens is 1. The molecule has 2 aromatic carbocycles. The highest BCUT2D eigenvalue weighted by atomic mass is 32.1. The first-order chi connectivity index (χ1) is 13.5. The minimum atomic E-state index is -0.391. The molecule has 0 aliphatic carbocycles. The zero-order chi connectivity index (χ0) is 20.1. The number of hydrogen-bond donors (Lipinski definition) is 0. The van der Waals surface area contributed by atoms with Crippen LogP contribution in [0.3, 0.4) is 0 Å². The van der Waals surface area contributed by atoms with E-state index in [9.17, 15) is 9.59 Å². The zero-order valence-corrected chi connectivity index (χ0v) is 17.0. The Morgan fingerprint density at radius 1 is 1.14 bits per heavy atom. The molecule has 3 rings (SSSR count). The smallest absolute Gasteiger partial charge is 0.338 e. The number of nitrogens with zero attached hydrogens (tertiary/aromatic N) is 2. The van der Waals surface area contributed by atoms with Gasteiger partial charge in [-0.2, -0.15) is 0 Å². The average Bonchev–Trinajstić information content (AvgIpc) is 3.14. The summed E-state index contributed by atoms with van der Waals surface area (Å²) in [5.41, 5.74) is 4.02. The van der Waals surface area contributed by atoms with Crippen molar-refractivity contribution in [2.75, 3.05) is 4.90 Å². The monoisotopic (exact) mass is 394 g/mol. The first-order valence-corrected chi connectivity index (χ1v) is 9.94. The van der Waals surface area contributed by atoms with E-state index in [0.717, 1.165) is 23.2 Å². The summed E-state index contributed by atoms with van der Waals surface area (Å²) in [7, 11) is 0. The van der Waals surface area contributed by atoms with Crippen molar-refractivity contribution in [2.24, 2.45) is 0 Å². The molecule has 3 aromatic rings. The van der Waals surface area contributed by atoms with Gasteiger partial charge in [-0.25, -0.2) is 9.78 Å². The molecule has 0 saturated carbocycles. The van der Waals surface area contributed by atoms with E-state index < -0.39 is 5.97 Å². The van der Waals surface area contributed by atoms with E-state index in [0.29, 0.717) is 16.4 Å². The van der Waals surface area contributed by atoms with Crippen LogP contribution in [0.25, 0.3) is 0 Å². The molecule has 0 aliphatic heterocycles. The molecule has 0 bridgehead atoms. The first-order valence-electron chi connectivity index (χ1n) is 9.06. The summed E-state index contributed by atoms with van der Waals surface area (Å²) < 4.78 is 5.38. The molecule has 0 aliphatic rings. The summed E-state index contributed by atoms with van der Waals surface area (Å²) in [6, 6.07) is 15.0. The molecule has 0 unspecified atom stereocenters. The minimum Gasteiger partial charge on any atom is -0.456 e. The molecule has 6 heteroatoms. The second-order valence-corrected chi connectivity index (χ2v) is 7.24. The standard InChI is InChI=1S/C22H22N2O3S/c1-4-17-9-5-6-11-20(17)24(16(3)25)22-23-19(14-28-22)13-27-21(26)18-10-7-8-15(2)12-18/h5-12,14H,4,13H2,1-3H3. The number of carbonyl (C=O) groups is 2. The van der Waals surface area contributed by atoms with Gasteiger partial charge in [-0.3, -0.25) is 9.69 Å². The largest absolute Gasteiger partial charge is 0.456 e. The molecule has 0 fully saturated rings. The fourth-order valence-corrected chi connectivity index (χ4v) is 3.76. The van der Waals surface area contributed by atoms with Gasteiger partial charge in [0.05, 0.1) is 16.9 Å². The van der Waals surface area contributed by atoms with E-state index in [1.807, 2.05) is 48.7 Å². The molecule has 0 radical (unpaired) electrons. The number of benzene rings is 2. The molecular weight excluding hydrogens is 372 g/mol. The zero-order valence-electron chi connectivity index (χ0n) is 16.1. The molecule has 0 spiro atoms. The van der Waals surface area contributed by atoms with Crippen LogP contribution in [0.2, 0.25) is 0 Å². The van der Waals surface area contributed by atoms with Gasteiger partial charge in [0.2, 0.25) is 5.91 Å². The highest BCUT2D eigenvalue weighted by Crippen LogP contribution is 2.31. The number of thiazole rings is 1. The van der Waals surface area contributed by atoms with Crippen molar-refractivity contribution in [3.8, 4) is 0 Å². The first kappa shape index (κ1) is 19.8. The molecule has 0 N–H and O–H groups in total. The van der Waals surface area contributed by atoms with Crippen LogP contribution in [-0.4, -0.2) is 16.9 Å². The van der Waals surface area contributed by atoms with Crippen LogP contribution in [0.5, 0.6) is 0 Å². The highest BCUT2D eigenvalue weighted by Gasteiger charge is 2.20. The summed E-state index contributed by atoms with van der Waals surface area (Å²) >= 11 is 1.35. The van der Waals surface area contributed by atoms with E-state index >= 15 is 0 Å². The van der Waals surface area contributed by atoms with Crippen molar-refractivity contribution in [1.82, 2.24) is 4.98 Å². The molecule has 1 heterocycles. The van der Waals surface area contributed by atoms with Gasteiger partial charge >= 0.3 is 5.97 Å². The second-order valence-electron chi connectivity index (χ2n) is 6.40. The van der Waals surface area contributed by atoms with Gasteiger partial charge in [0.1, 0.15) is 6.61 Å². The lowest BCUT2D eigenvalue weighted by Gasteiger charge is -2.20. The Morgan fingerprint density at radius 3 is 2.64 bits per heavy atom. The van der Waals surface area contributed by atoms with E-state index in [-0.39, 0.29) is 12.5 Å². The van der Waals surface area contributed by atoms with Crippen LogP contribution < -0.4 is 4.90 Å². The summed E-state index contributed by atoms with van der Waals surface area (Å²) in [6.07, 6.45) is 0.812. The summed E-state index contributed by atoms with van der Waals surface area (Å²) in [4.78, 5) is 30.6. The normalized spacial score (nSPS) is 10.5. The quantitative estimate of drug-likeness (QED) is 0.549. The third-order valence-corrected chi connectivity index (χ3v) is 5.14. The summed E-state index contributed by atoms with van der Waals surface area (Å²) in [5.74, 6) is -0.503. The molecule has 1 aromatic heterocycles. The molecule has 0 saturated heterocycles. The molecule has 0 atom stereocenters. The number of carbonyl (C=O) groups excluding carboxylic acids is 2. The van der Waals surface area contributed by atoms with Crippen LogP contribution in [0.1, 0.15) is 41.0 Å². The fourth-order valence-electron chi connectivity index (χ4n) is 2.90. The van der Waals surface area contributed by atoms with E-state index in [4.69, 9.17) is 4.74 Å². The Bertz CT molecular complexity index is 997. The molecule has 5 nitrogen and oxygen atoms in total. The number of para-hydroxylation sites is 1. The van der Waals surface area contributed by atoms with Crippen LogP contribution in [0.15, 0.2) is 53.9 Å². The summed E-state index contributed by atoms with van der Waals surface area (Å²) in [6.45, 7) is 5.55. The lowest BCUT2D eigenvalue weighted by atomic mass is 10.1. The Morgan fingerprint density at radius 2 is 1.93 bits per heavy atom. The van der Waals surface area contributed by atoms with E-state index in [1.165, 1.54) is 18.3 Å². The Hall–Kier alpha value is -2.99. The maximum Gasteiger partial charge on any atom is 0.338 e. The third kappa shape index (κ3) is 4.46. The van der Waals surface area contributed by atoms with Gasteiger partial charge in [0, 0.05) is 12.3 Å². The number of amides is 1. The van der Waals surface area contributed by atoms with Gasteiger partial charge in [-0.05, 0) is 37.1 Å². The number of rotatable bonds is 6. The predicted molar refractivity (Wildman–Crippen MR) is 111 cm³/mol. The van der Waals surface area contributed by atoms with E-state index in [2.05, 4.69) is 11.9 Å². The molecule has 1 amide bonds. The Kier molecular flexibility index (Phi) is 6.21. The third-order valence-electron chi connectivity index (χ3n) is 4.26. The number of hydrogen-bond acceptors (Lipinski definition) is 5. The van der Waals surface area contributed by atoms with Crippen molar-refractivity contribution in [3.63, 3.8) is 0 Å². The predicted octanol–water partition coefficient (Wildman–Crippen LogP) is 5.06. The molecule has 28 heavy (non-hydrogen) atoms. The second kappa shape index (κ2) is 8.80. The molecule has 144 valence electrons. The number of anilines is 2. The summed E-state index contributed by atoms with van der Waals surface area (Å²) in [5, 5.41) is 2.37. The van der Waals surface area contributed by atoms with Crippen LogP contribution in [0.4, 0.5) is 10.8 Å². The van der Waals surface area contributed by atoms with Gasteiger partial charge < -0.3 is 4.74 Å². The maximum absolute atomic E-state index is 12.3. The van der Waals surface area contributed by atoms with Crippen LogP contribution in [-0.2, 0) is 22.6 Å². The number of aryl methyl sites for hydroxylation is 2. The van der Waals surface area contributed by atoms with Crippen molar-refractivity contribution in [2.45, 2.75) is 33.8 Å². The lowest BCUT2D eigenvalue weighted by Crippen LogP contribution is -2.23. The highest BCUT2D eigenvalue weighted by molar-refractivity contribution is 7.14. The number of ether oxygens (including phenoxy) is 1. The lowest BCUT2D eigenvalue weighted by molar-refractivity contribution is -0.115. The number of esters is 1. The van der Waals surface area contributed by atoms with Gasteiger partial charge in [0.25, 0.3) is 0 Å². The van der Waals surface area contributed by atoms with Crippen molar-refractivity contribution < 1.29 is 14.3 Å². The van der Waals surface area contributed by atoms with Gasteiger partial charge in [0.15, 0.2) is 5.13 Å². The fraction of sp³-hybridized carbons (Fsp3) is 0.227. The Labute approximate surface area is 168 Å². The minimum absolute atomic E-state index is 0.0600.